The van der Waals surface area contributed by atoms with Crippen LogP contribution in [0, 0.1) is 0 Å². The molecule has 0 bridgehead atoms. The van der Waals surface area contributed by atoms with Gasteiger partial charge in [0, 0.05) is 11.1 Å². The van der Waals surface area contributed by atoms with Gasteiger partial charge in [-0.05, 0) is 67.9 Å². The number of benzene rings is 3. The summed E-state index contributed by atoms with van der Waals surface area (Å²) >= 11 is 0. The second-order valence-corrected chi connectivity index (χ2v) is 8.02. The summed E-state index contributed by atoms with van der Waals surface area (Å²) in [5.74, 6) is -1.15. The summed E-state index contributed by atoms with van der Waals surface area (Å²) in [6, 6.07) is 23.0. The Hall–Kier alpha value is -4.10. The molecule has 0 saturated carbocycles. The number of hydrogen-bond donors (Lipinski definition) is 1. The van der Waals surface area contributed by atoms with E-state index in [1.807, 2.05) is 6.07 Å². The van der Waals surface area contributed by atoms with E-state index in [-0.39, 0.29) is 12.3 Å². The molecule has 1 aliphatic heterocycles. The molecule has 1 N–H and O–H groups in total. The molecule has 0 radical (unpaired) electrons. The van der Waals surface area contributed by atoms with Crippen molar-refractivity contribution >= 4 is 23.6 Å². The van der Waals surface area contributed by atoms with Gasteiger partial charge in [-0.25, -0.2) is 4.79 Å². The maximum absolute atomic E-state index is 12.8. The van der Waals surface area contributed by atoms with Gasteiger partial charge in [0.25, 0.3) is 5.91 Å². The minimum atomic E-state index is -0.539. The van der Waals surface area contributed by atoms with E-state index in [1.54, 1.807) is 83.8 Å². The molecule has 1 fully saturated rings. The molecule has 7 heteroatoms. The van der Waals surface area contributed by atoms with Crippen LogP contribution in [0.25, 0.3) is 0 Å². The number of nitrogens with zero attached hydrogens (tertiary/aromatic N) is 1. The number of amides is 2. The van der Waals surface area contributed by atoms with E-state index in [9.17, 15) is 19.2 Å². The van der Waals surface area contributed by atoms with Gasteiger partial charge in [-0.3, -0.25) is 24.6 Å². The molecule has 3 aromatic rings. The van der Waals surface area contributed by atoms with Crippen molar-refractivity contribution in [3.63, 3.8) is 0 Å². The van der Waals surface area contributed by atoms with Crippen molar-refractivity contribution in [1.82, 2.24) is 10.2 Å². The van der Waals surface area contributed by atoms with Crippen LogP contribution in [0.5, 0.6) is 5.75 Å². The average Bonchev–Trinajstić information content (AvgIpc) is 3.33. The first-order chi connectivity index (χ1) is 16.5. The lowest BCUT2D eigenvalue weighted by Crippen LogP contribution is -2.46. The number of ketones is 1. The van der Waals surface area contributed by atoms with Crippen LogP contribution >= 0.6 is 0 Å². The van der Waals surface area contributed by atoms with Crippen LogP contribution in [-0.2, 0) is 4.79 Å². The largest absolute Gasteiger partial charge is 0.423 e. The van der Waals surface area contributed by atoms with Gasteiger partial charge in [0.15, 0.2) is 5.78 Å². The zero-order valence-electron chi connectivity index (χ0n) is 18.5. The number of imide groups is 1. The number of nitrogens with one attached hydrogen (secondary N) is 1. The fourth-order valence-electron chi connectivity index (χ4n) is 3.89. The highest BCUT2D eigenvalue weighted by Crippen LogP contribution is 2.20. The van der Waals surface area contributed by atoms with Crippen molar-refractivity contribution < 1.29 is 23.9 Å². The predicted octanol–water partition coefficient (Wildman–Crippen LogP) is 3.51. The molecule has 172 valence electrons. The zero-order chi connectivity index (χ0) is 23.9. The van der Waals surface area contributed by atoms with E-state index < -0.39 is 23.8 Å². The molecule has 3 aromatic carbocycles. The summed E-state index contributed by atoms with van der Waals surface area (Å²) < 4.78 is 5.35. The van der Waals surface area contributed by atoms with Gasteiger partial charge in [-0.15, -0.1) is 0 Å². The number of likely N-dealkylation sites (tertiary alicyclic amines) is 1. The summed E-state index contributed by atoms with van der Waals surface area (Å²) in [6.07, 6.45) is 1.34. The maximum atomic E-state index is 12.8. The zero-order valence-corrected chi connectivity index (χ0v) is 18.5. The lowest BCUT2D eigenvalue weighted by atomic mass is 10.1. The number of carbonyl (C=O) groups excluding carboxylic acids is 4. The SMILES string of the molecule is O=C(CN1CCC[C@H]1C(=O)NC(=O)c1ccccc1)c1ccc(OC(=O)c2ccccc2)cc1. The summed E-state index contributed by atoms with van der Waals surface area (Å²) in [5, 5.41) is 2.44. The van der Waals surface area contributed by atoms with Gasteiger partial charge in [-0.1, -0.05) is 36.4 Å². The van der Waals surface area contributed by atoms with E-state index in [1.165, 1.54) is 0 Å². The molecule has 0 spiro atoms. The van der Waals surface area contributed by atoms with E-state index in [0.29, 0.717) is 35.4 Å². The van der Waals surface area contributed by atoms with Crippen LogP contribution in [0.4, 0.5) is 0 Å². The Balaban J connectivity index is 1.33. The first-order valence-electron chi connectivity index (χ1n) is 11.1. The highest BCUT2D eigenvalue weighted by atomic mass is 16.5. The molecule has 1 atom stereocenters. The Kier molecular flexibility index (Phi) is 7.25. The fourth-order valence-corrected chi connectivity index (χ4v) is 3.89. The normalized spacial score (nSPS) is 15.5. The Labute approximate surface area is 197 Å². The number of esters is 1. The highest BCUT2D eigenvalue weighted by molar-refractivity contribution is 6.06. The van der Waals surface area contributed by atoms with Crippen LogP contribution in [-0.4, -0.2) is 47.6 Å². The first-order valence-corrected chi connectivity index (χ1v) is 11.1. The van der Waals surface area contributed by atoms with E-state index in [4.69, 9.17) is 4.74 Å². The standard InChI is InChI=1S/C27H24N2O5/c30-24(19-13-15-22(16-14-19)34-27(33)21-10-5-2-6-11-21)18-29-17-7-12-23(29)26(32)28-25(31)20-8-3-1-4-9-20/h1-6,8-11,13-16,23H,7,12,17-18H2,(H,28,31,32)/t23-/m0/s1. The Morgan fingerprint density at radius 3 is 2.06 bits per heavy atom. The smallest absolute Gasteiger partial charge is 0.343 e. The third-order valence-electron chi connectivity index (χ3n) is 5.68. The minimum Gasteiger partial charge on any atom is -0.423 e. The lowest BCUT2D eigenvalue weighted by molar-refractivity contribution is -0.124. The quantitative estimate of drug-likeness (QED) is 0.253. The summed E-state index contributed by atoms with van der Waals surface area (Å²) in [5.41, 5.74) is 1.29. The van der Waals surface area contributed by atoms with Crippen molar-refractivity contribution in [2.45, 2.75) is 18.9 Å². The molecule has 0 aliphatic carbocycles. The Morgan fingerprint density at radius 1 is 0.794 bits per heavy atom. The van der Waals surface area contributed by atoms with E-state index in [2.05, 4.69) is 5.32 Å². The van der Waals surface area contributed by atoms with Gasteiger partial charge in [-0.2, -0.15) is 0 Å². The lowest BCUT2D eigenvalue weighted by Gasteiger charge is -2.22. The van der Waals surface area contributed by atoms with Gasteiger partial charge < -0.3 is 4.74 Å². The molecule has 0 unspecified atom stereocenters. The van der Waals surface area contributed by atoms with E-state index >= 15 is 0 Å². The Bertz CT molecular complexity index is 1180. The molecular weight excluding hydrogens is 432 g/mol. The summed E-state index contributed by atoms with van der Waals surface area (Å²) in [4.78, 5) is 51.8. The summed E-state index contributed by atoms with van der Waals surface area (Å²) in [7, 11) is 0. The second-order valence-electron chi connectivity index (χ2n) is 8.02. The first kappa shape index (κ1) is 23.1. The summed E-state index contributed by atoms with van der Waals surface area (Å²) in [6.45, 7) is 0.650. The van der Waals surface area contributed by atoms with E-state index in [0.717, 1.165) is 6.42 Å². The number of Topliss-reactive ketones (excluding diaryl/α,β-unsaturated/α-hetero) is 1. The fraction of sp³-hybridized carbons (Fsp3) is 0.185. The number of ether oxygens (including phenoxy) is 1. The Morgan fingerprint density at radius 2 is 1.41 bits per heavy atom. The van der Waals surface area contributed by atoms with Crippen molar-refractivity contribution in [3.05, 3.63) is 102 Å². The third kappa shape index (κ3) is 5.63. The molecule has 1 aliphatic rings. The molecule has 34 heavy (non-hydrogen) atoms. The van der Waals surface area contributed by atoms with Crippen LogP contribution in [0.2, 0.25) is 0 Å². The number of carbonyl (C=O) groups is 4. The molecule has 4 rings (SSSR count). The predicted molar refractivity (Wildman–Crippen MR) is 126 cm³/mol. The van der Waals surface area contributed by atoms with Crippen molar-refractivity contribution in [2.24, 2.45) is 0 Å². The number of hydrogen-bond acceptors (Lipinski definition) is 6. The molecule has 1 saturated heterocycles. The van der Waals surface area contributed by atoms with Crippen molar-refractivity contribution in [3.8, 4) is 5.75 Å². The van der Waals surface area contributed by atoms with Crippen LogP contribution < -0.4 is 10.1 Å². The van der Waals surface area contributed by atoms with Gasteiger partial charge >= 0.3 is 5.97 Å². The monoisotopic (exact) mass is 456 g/mol. The van der Waals surface area contributed by atoms with Crippen LogP contribution in [0.15, 0.2) is 84.9 Å². The minimum absolute atomic E-state index is 0.0563. The average molecular weight is 456 g/mol. The topological polar surface area (TPSA) is 92.8 Å². The maximum Gasteiger partial charge on any atom is 0.343 e. The van der Waals surface area contributed by atoms with Crippen molar-refractivity contribution in [2.75, 3.05) is 13.1 Å². The third-order valence-corrected chi connectivity index (χ3v) is 5.68. The molecule has 2 amide bonds. The highest BCUT2D eigenvalue weighted by Gasteiger charge is 2.33. The molecule has 7 nitrogen and oxygen atoms in total. The second kappa shape index (κ2) is 10.7. The number of rotatable bonds is 7. The van der Waals surface area contributed by atoms with Gasteiger partial charge in [0.1, 0.15) is 5.75 Å². The molecule has 0 aromatic heterocycles. The van der Waals surface area contributed by atoms with Crippen LogP contribution in [0.3, 0.4) is 0 Å². The van der Waals surface area contributed by atoms with Crippen molar-refractivity contribution in [1.29, 1.82) is 0 Å². The van der Waals surface area contributed by atoms with Gasteiger partial charge in [0.2, 0.25) is 5.91 Å². The van der Waals surface area contributed by atoms with Crippen LogP contribution in [0.1, 0.15) is 43.9 Å². The molecular formula is C27H24N2O5. The molecule has 1 heterocycles. The van der Waals surface area contributed by atoms with Gasteiger partial charge in [0.05, 0.1) is 18.2 Å².